The van der Waals surface area contributed by atoms with Gasteiger partial charge in [0.25, 0.3) is 0 Å². The molecule has 0 saturated carbocycles. The van der Waals surface area contributed by atoms with Crippen molar-refractivity contribution in [2.75, 3.05) is 25.0 Å². The summed E-state index contributed by atoms with van der Waals surface area (Å²) in [4.78, 5) is 16.0. The third-order valence-electron chi connectivity index (χ3n) is 3.59. The molecule has 1 aromatic carbocycles. The number of anilines is 1. The van der Waals surface area contributed by atoms with Crippen LogP contribution in [-0.4, -0.2) is 36.5 Å². The first kappa shape index (κ1) is 13.7. The van der Waals surface area contributed by atoms with E-state index in [4.69, 9.17) is 16.9 Å². The van der Waals surface area contributed by atoms with Crippen LogP contribution < -0.4 is 4.90 Å². The van der Waals surface area contributed by atoms with Gasteiger partial charge in [-0.15, -0.1) is 0 Å². The number of rotatable bonds is 1. The minimum absolute atomic E-state index is 0.0826. The molecule has 19 heavy (non-hydrogen) atoms. The van der Waals surface area contributed by atoms with Crippen LogP contribution in [0.5, 0.6) is 0 Å². The average Bonchev–Trinajstić information content (AvgIpc) is 2.36. The highest BCUT2D eigenvalue weighted by Gasteiger charge is 2.40. The molecule has 1 saturated heterocycles. The summed E-state index contributed by atoms with van der Waals surface area (Å²) in [7, 11) is 1.81. The van der Waals surface area contributed by atoms with Crippen molar-refractivity contribution in [3.63, 3.8) is 0 Å². The Labute approximate surface area is 118 Å². The van der Waals surface area contributed by atoms with Crippen LogP contribution in [0.25, 0.3) is 0 Å². The van der Waals surface area contributed by atoms with E-state index in [1.165, 1.54) is 0 Å². The van der Waals surface area contributed by atoms with Crippen molar-refractivity contribution in [1.29, 1.82) is 5.26 Å². The van der Waals surface area contributed by atoms with E-state index in [0.717, 1.165) is 12.2 Å². The van der Waals surface area contributed by atoms with Crippen LogP contribution in [0.4, 0.5) is 5.69 Å². The Morgan fingerprint density at radius 2 is 2.05 bits per heavy atom. The molecular formula is C14H16ClN3O. The van der Waals surface area contributed by atoms with Crippen LogP contribution in [0.3, 0.4) is 0 Å². The molecule has 0 aromatic heterocycles. The van der Waals surface area contributed by atoms with Gasteiger partial charge in [0.05, 0.1) is 10.6 Å². The number of carbonyl (C=O) groups excluding carboxylic acids is 1. The van der Waals surface area contributed by atoms with E-state index < -0.39 is 5.54 Å². The van der Waals surface area contributed by atoms with Gasteiger partial charge in [0, 0.05) is 25.8 Å². The van der Waals surface area contributed by atoms with Gasteiger partial charge in [-0.2, -0.15) is 5.26 Å². The van der Waals surface area contributed by atoms with Crippen LogP contribution in [-0.2, 0) is 4.79 Å². The monoisotopic (exact) mass is 277 g/mol. The molecule has 1 amide bonds. The topological polar surface area (TPSA) is 47.3 Å². The number of halogens is 1. The quantitative estimate of drug-likeness (QED) is 0.791. The van der Waals surface area contributed by atoms with E-state index >= 15 is 0 Å². The Hall–Kier alpha value is -1.73. The van der Waals surface area contributed by atoms with E-state index in [1.807, 2.05) is 37.9 Å². The van der Waals surface area contributed by atoms with Gasteiger partial charge in [-0.05, 0) is 32.0 Å². The SMILES string of the molecule is CN1CCN(c2ccc(C#N)c(Cl)c2)C(C)(C)C1=O. The van der Waals surface area contributed by atoms with Crippen molar-refractivity contribution in [3.8, 4) is 6.07 Å². The zero-order valence-electron chi connectivity index (χ0n) is 11.3. The molecule has 0 aliphatic carbocycles. The highest BCUT2D eigenvalue weighted by molar-refractivity contribution is 6.32. The first-order valence-electron chi connectivity index (χ1n) is 6.11. The van der Waals surface area contributed by atoms with Crippen LogP contribution in [0.1, 0.15) is 19.4 Å². The fourth-order valence-corrected chi connectivity index (χ4v) is 2.65. The van der Waals surface area contributed by atoms with Crippen molar-refractivity contribution in [2.24, 2.45) is 0 Å². The maximum absolute atomic E-state index is 12.2. The molecule has 5 heteroatoms. The summed E-state index contributed by atoms with van der Waals surface area (Å²) in [6.07, 6.45) is 0. The third-order valence-corrected chi connectivity index (χ3v) is 3.90. The summed E-state index contributed by atoms with van der Waals surface area (Å²) in [6, 6.07) is 7.32. The molecule has 2 rings (SSSR count). The predicted octanol–water partition coefficient (Wildman–Crippen LogP) is 2.27. The third kappa shape index (κ3) is 2.26. The zero-order chi connectivity index (χ0) is 14.2. The summed E-state index contributed by atoms with van der Waals surface area (Å²) in [5.74, 6) is 0.0826. The Bertz CT molecular complexity index is 562. The summed E-state index contributed by atoms with van der Waals surface area (Å²) < 4.78 is 0. The molecule has 1 aliphatic heterocycles. The molecule has 1 aromatic rings. The number of benzene rings is 1. The van der Waals surface area contributed by atoms with Gasteiger partial charge in [-0.25, -0.2) is 0 Å². The van der Waals surface area contributed by atoms with Gasteiger partial charge in [0.2, 0.25) is 5.91 Å². The van der Waals surface area contributed by atoms with Crippen LogP contribution in [0.15, 0.2) is 18.2 Å². The molecule has 0 radical (unpaired) electrons. The summed E-state index contributed by atoms with van der Waals surface area (Å²) in [6.45, 7) is 5.23. The van der Waals surface area contributed by atoms with Crippen LogP contribution in [0, 0.1) is 11.3 Å². The Morgan fingerprint density at radius 1 is 1.37 bits per heavy atom. The van der Waals surface area contributed by atoms with E-state index in [-0.39, 0.29) is 5.91 Å². The van der Waals surface area contributed by atoms with Crippen molar-refractivity contribution in [3.05, 3.63) is 28.8 Å². The Morgan fingerprint density at radius 3 is 2.63 bits per heavy atom. The highest BCUT2D eigenvalue weighted by Crippen LogP contribution is 2.31. The van der Waals surface area contributed by atoms with Crippen LogP contribution >= 0.6 is 11.6 Å². The van der Waals surface area contributed by atoms with Crippen LogP contribution in [0.2, 0.25) is 5.02 Å². The van der Waals surface area contributed by atoms with E-state index in [0.29, 0.717) is 17.1 Å². The predicted molar refractivity (Wildman–Crippen MR) is 75.2 cm³/mol. The largest absolute Gasteiger partial charge is 0.356 e. The molecular weight excluding hydrogens is 262 g/mol. The lowest BCUT2D eigenvalue weighted by atomic mass is 9.96. The van der Waals surface area contributed by atoms with Crippen molar-refractivity contribution in [2.45, 2.75) is 19.4 Å². The van der Waals surface area contributed by atoms with Gasteiger partial charge in [-0.3, -0.25) is 4.79 Å². The molecule has 1 heterocycles. The molecule has 4 nitrogen and oxygen atoms in total. The average molecular weight is 278 g/mol. The number of likely N-dealkylation sites (N-methyl/N-ethyl adjacent to an activating group) is 1. The lowest BCUT2D eigenvalue weighted by molar-refractivity contribution is -0.136. The number of nitrogens with zero attached hydrogens (tertiary/aromatic N) is 3. The van der Waals surface area contributed by atoms with Crippen molar-refractivity contribution < 1.29 is 4.79 Å². The summed E-state index contributed by atoms with van der Waals surface area (Å²) in [5.41, 5.74) is 0.712. The first-order chi connectivity index (χ1) is 8.87. The Balaban J connectivity index is 2.39. The van der Waals surface area contributed by atoms with E-state index in [2.05, 4.69) is 0 Å². The Kier molecular flexibility index (Phi) is 3.42. The number of nitriles is 1. The standard InChI is InChI=1S/C14H16ClN3O/c1-14(2)13(19)17(3)6-7-18(14)11-5-4-10(9-16)12(15)8-11/h4-5,8H,6-7H2,1-3H3. The smallest absolute Gasteiger partial charge is 0.247 e. The highest BCUT2D eigenvalue weighted by atomic mass is 35.5. The molecule has 0 atom stereocenters. The first-order valence-corrected chi connectivity index (χ1v) is 6.48. The second kappa shape index (κ2) is 4.75. The summed E-state index contributed by atoms with van der Waals surface area (Å²) in [5, 5.41) is 9.31. The minimum atomic E-state index is -0.607. The maximum atomic E-state index is 12.2. The number of hydrogen-bond donors (Lipinski definition) is 0. The van der Waals surface area contributed by atoms with Gasteiger partial charge in [-0.1, -0.05) is 11.6 Å². The van der Waals surface area contributed by atoms with Gasteiger partial charge in [0.1, 0.15) is 11.6 Å². The fraction of sp³-hybridized carbons (Fsp3) is 0.429. The van der Waals surface area contributed by atoms with Crippen molar-refractivity contribution in [1.82, 2.24) is 4.90 Å². The fourth-order valence-electron chi connectivity index (χ4n) is 2.43. The lowest BCUT2D eigenvalue weighted by Crippen LogP contribution is -2.62. The number of amides is 1. The van der Waals surface area contributed by atoms with Gasteiger partial charge >= 0.3 is 0 Å². The maximum Gasteiger partial charge on any atom is 0.247 e. The molecule has 0 N–H and O–H groups in total. The molecule has 0 unspecified atom stereocenters. The number of carbonyl (C=O) groups is 1. The second-order valence-electron chi connectivity index (χ2n) is 5.21. The van der Waals surface area contributed by atoms with E-state index in [9.17, 15) is 4.79 Å². The lowest BCUT2D eigenvalue weighted by Gasteiger charge is -2.46. The zero-order valence-corrected chi connectivity index (χ0v) is 12.0. The molecule has 1 aliphatic rings. The van der Waals surface area contributed by atoms with Gasteiger partial charge < -0.3 is 9.80 Å². The second-order valence-corrected chi connectivity index (χ2v) is 5.62. The number of hydrogen-bond acceptors (Lipinski definition) is 3. The normalized spacial score (nSPS) is 18.4. The minimum Gasteiger partial charge on any atom is -0.356 e. The molecule has 1 fully saturated rings. The molecule has 0 bridgehead atoms. The number of piperazine rings is 1. The van der Waals surface area contributed by atoms with Gasteiger partial charge in [0.15, 0.2) is 0 Å². The molecule has 0 spiro atoms. The molecule has 100 valence electrons. The summed E-state index contributed by atoms with van der Waals surface area (Å²) >= 11 is 6.06. The van der Waals surface area contributed by atoms with Crippen molar-refractivity contribution >= 4 is 23.2 Å². The van der Waals surface area contributed by atoms with E-state index in [1.54, 1.807) is 17.0 Å².